The van der Waals surface area contributed by atoms with Crippen molar-refractivity contribution in [3.8, 4) is 5.69 Å². The summed E-state index contributed by atoms with van der Waals surface area (Å²) < 4.78 is 6.76. The van der Waals surface area contributed by atoms with Crippen LogP contribution in [0.5, 0.6) is 0 Å². The summed E-state index contributed by atoms with van der Waals surface area (Å²) in [5.74, 6) is 1.00. The van der Waals surface area contributed by atoms with Crippen molar-refractivity contribution < 1.29 is 9.32 Å². The first-order valence-electron chi connectivity index (χ1n) is 9.06. The second-order valence-corrected chi connectivity index (χ2v) is 6.98. The third kappa shape index (κ3) is 3.18. The number of aromatic amines is 1. The maximum atomic E-state index is 13.0. The third-order valence-electron chi connectivity index (χ3n) is 4.74. The van der Waals surface area contributed by atoms with E-state index < -0.39 is 0 Å². The molecule has 0 bridgehead atoms. The van der Waals surface area contributed by atoms with E-state index in [1.807, 2.05) is 32.0 Å². The molecule has 1 N–H and O–H groups in total. The lowest BCUT2D eigenvalue weighted by atomic mass is 10.2. The van der Waals surface area contributed by atoms with Crippen molar-refractivity contribution >= 4 is 5.91 Å². The minimum absolute atomic E-state index is 0.157. The Morgan fingerprint density at radius 2 is 2.07 bits per heavy atom. The molecule has 140 valence electrons. The molecule has 1 aromatic carbocycles. The number of nitrogens with one attached hydrogen (secondary N) is 1. The van der Waals surface area contributed by atoms with Gasteiger partial charge in [-0.15, -0.1) is 0 Å². The SMILES string of the molecule is CC(C)c1noc(C2CCCN2C(=O)c2cc(=O)n(-c3ccccc3)[nH]2)n1. The number of rotatable bonds is 4. The van der Waals surface area contributed by atoms with Crippen LogP contribution in [0.1, 0.15) is 60.9 Å². The zero-order valence-corrected chi connectivity index (χ0v) is 15.3. The molecular formula is C19H21N5O3. The molecule has 1 fully saturated rings. The van der Waals surface area contributed by atoms with Gasteiger partial charge < -0.3 is 9.42 Å². The summed E-state index contributed by atoms with van der Waals surface area (Å²) in [5.41, 5.74) is 0.650. The molecule has 1 aliphatic rings. The Morgan fingerprint density at radius 1 is 1.30 bits per heavy atom. The van der Waals surface area contributed by atoms with Crippen molar-refractivity contribution in [2.24, 2.45) is 0 Å². The van der Waals surface area contributed by atoms with Gasteiger partial charge in [0.15, 0.2) is 5.82 Å². The molecule has 0 aliphatic carbocycles. The van der Waals surface area contributed by atoms with Crippen LogP contribution in [-0.4, -0.2) is 37.3 Å². The lowest BCUT2D eigenvalue weighted by Crippen LogP contribution is -2.31. The second-order valence-electron chi connectivity index (χ2n) is 6.98. The van der Waals surface area contributed by atoms with Crippen LogP contribution in [0, 0.1) is 0 Å². The van der Waals surface area contributed by atoms with Crippen LogP contribution in [0.3, 0.4) is 0 Å². The number of hydrogen-bond acceptors (Lipinski definition) is 5. The van der Waals surface area contributed by atoms with E-state index in [0.29, 0.717) is 23.9 Å². The quantitative estimate of drug-likeness (QED) is 0.764. The first kappa shape index (κ1) is 17.3. The number of H-pyrrole nitrogens is 1. The number of aromatic nitrogens is 4. The number of carbonyl (C=O) groups excluding carboxylic acids is 1. The van der Waals surface area contributed by atoms with E-state index in [4.69, 9.17) is 4.52 Å². The van der Waals surface area contributed by atoms with Gasteiger partial charge in [0.25, 0.3) is 11.5 Å². The first-order chi connectivity index (χ1) is 13.0. The largest absolute Gasteiger partial charge is 0.337 e. The molecule has 3 aromatic rings. The Hall–Kier alpha value is -3.16. The topological polar surface area (TPSA) is 97.0 Å². The van der Waals surface area contributed by atoms with Crippen LogP contribution in [0.2, 0.25) is 0 Å². The average Bonchev–Trinajstić information content (AvgIpc) is 3.40. The predicted molar refractivity (Wildman–Crippen MR) is 97.8 cm³/mol. The molecule has 8 heteroatoms. The molecule has 1 aliphatic heterocycles. The molecule has 4 rings (SSSR count). The van der Waals surface area contributed by atoms with Gasteiger partial charge >= 0.3 is 0 Å². The van der Waals surface area contributed by atoms with Gasteiger partial charge in [-0.25, -0.2) is 4.68 Å². The monoisotopic (exact) mass is 367 g/mol. The fourth-order valence-electron chi connectivity index (χ4n) is 3.31. The molecular weight excluding hydrogens is 346 g/mol. The number of benzene rings is 1. The molecule has 0 radical (unpaired) electrons. The van der Waals surface area contributed by atoms with Gasteiger partial charge in [0.2, 0.25) is 5.89 Å². The number of likely N-dealkylation sites (tertiary alicyclic amines) is 1. The van der Waals surface area contributed by atoms with E-state index in [1.54, 1.807) is 17.0 Å². The van der Waals surface area contributed by atoms with E-state index in [1.165, 1.54) is 10.7 Å². The lowest BCUT2D eigenvalue weighted by Gasteiger charge is -2.21. The number of carbonyl (C=O) groups is 1. The van der Waals surface area contributed by atoms with Crippen LogP contribution in [0.15, 0.2) is 45.7 Å². The van der Waals surface area contributed by atoms with E-state index in [0.717, 1.165) is 12.8 Å². The number of amides is 1. The Kier molecular flexibility index (Phi) is 4.39. The molecule has 1 saturated heterocycles. The summed E-state index contributed by atoms with van der Waals surface area (Å²) in [5, 5.41) is 6.91. The van der Waals surface area contributed by atoms with Gasteiger partial charge in [-0.3, -0.25) is 14.7 Å². The van der Waals surface area contributed by atoms with Crippen molar-refractivity contribution in [2.75, 3.05) is 6.54 Å². The van der Waals surface area contributed by atoms with Crippen molar-refractivity contribution in [3.63, 3.8) is 0 Å². The van der Waals surface area contributed by atoms with Gasteiger partial charge in [-0.2, -0.15) is 4.98 Å². The molecule has 8 nitrogen and oxygen atoms in total. The zero-order valence-electron chi connectivity index (χ0n) is 15.3. The third-order valence-corrected chi connectivity index (χ3v) is 4.74. The zero-order chi connectivity index (χ0) is 19.0. The molecule has 0 saturated carbocycles. The van der Waals surface area contributed by atoms with Crippen LogP contribution >= 0.6 is 0 Å². The van der Waals surface area contributed by atoms with Gasteiger partial charge in [-0.1, -0.05) is 37.2 Å². The molecule has 2 aromatic heterocycles. The highest BCUT2D eigenvalue weighted by atomic mass is 16.5. The summed E-state index contributed by atoms with van der Waals surface area (Å²) in [6, 6.07) is 10.2. The van der Waals surface area contributed by atoms with Gasteiger partial charge in [0, 0.05) is 18.5 Å². The molecule has 27 heavy (non-hydrogen) atoms. The van der Waals surface area contributed by atoms with E-state index >= 15 is 0 Å². The van der Waals surface area contributed by atoms with E-state index in [-0.39, 0.29) is 29.1 Å². The maximum Gasteiger partial charge on any atom is 0.272 e. The van der Waals surface area contributed by atoms with Gasteiger partial charge in [0.1, 0.15) is 11.7 Å². The van der Waals surface area contributed by atoms with Crippen molar-refractivity contribution in [1.29, 1.82) is 0 Å². The summed E-state index contributed by atoms with van der Waals surface area (Å²) in [7, 11) is 0. The molecule has 1 amide bonds. The highest BCUT2D eigenvalue weighted by Gasteiger charge is 2.35. The maximum absolute atomic E-state index is 13.0. The fourth-order valence-corrected chi connectivity index (χ4v) is 3.31. The predicted octanol–water partition coefficient (Wildman–Crippen LogP) is 2.65. The smallest absolute Gasteiger partial charge is 0.272 e. The minimum Gasteiger partial charge on any atom is -0.337 e. The Morgan fingerprint density at radius 3 is 2.78 bits per heavy atom. The van der Waals surface area contributed by atoms with E-state index in [9.17, 15) is 9.59 Å². The van der Waals surface area contributed by atoms with Crippen molar-refractivity contribution in [1.82, 2.24) is 24.8 Å². The number of para-hydroxylation sites is 1. The lowest BCUT2D eigenvalue weighted by molar-refractivity contribution is 0.0703. The Bertz CT molecular complexity index is 1000. The first-order valence-corrected chi connectivity index (χ1v) is 9.06. The second kappa shape index (κ2) is 6.86. The van der Waals surface area contributed by atoms with Crippen LogP contribution in [0.4, 0.5) is 0 Å². The molecule has 0 spiro atoms. The van der Waals surface area contributed by atoms with Gasteiger partial charge in [0.05, 0.1) is 5.69 Å². The summed E-state index contributed by atoms with van der Waals surface area (Å²) in [4.78, 5) is 31.5. The highest BCUT2D eigenvalue weighted by molar-refractivity contribution is 5.92. The molecule has 3 heterocycles. The standard InChI is InChI=1S/C19H21N5O3/c1-12(2)17-20-18(27-22-17)15-9-6-10-23(15)19(26)14-11-16(25)24(21-14)13-7-4-3-5-8-13/h3-5,7-8,11-12,15,21H,6,9-10H2,1-2H3. The van der Waals surface area contributed by atoms with Crippen molar-refractivity contribution in [3.05, 3.63) is 64.2 Å². The molecule has 1 unspecified atom stereocenters. The Labute approximate surface area is 155 Å². The molecule has 1 atom stereocenters. The summed E-state index contributed by atoms with van der Waals surface area (Å²) in [6.45, 7) is 4.56. The van der Waals surface area contributed by atoms with Gasteiger partial charge in [-0.05, 0) is 25.0 Å². The van der Waals surface area contributed by atoms with Crippen LogP contribution < -0.4 is 5.56 Å². The normalized spacial score (nSPS) is 17.0. The number of hydrogen-bond donors (Lipinski definition) is 1. The van der Waals surface area contributed by atoms with Crippen LogP contribution in [0.25, 0.3) is 5.69 Å². The highest BCUT2D eigenvalue weighted by Crippen LogP contribution is 2.32. The number of nitrogens with zero attached hydrogens (tertiary/aromatic N) is 4. The summed E-state index contributed by atoms with van der Waals surface area (Å²) in [6.07, 6.45) is 1.61. The fraction of sp³-hybridized carbons (Fsp3) is 0.368. The van der Waals surface area contributed by atoms with Crippen LogP contribution in [-0.2, 0) is 0 Å². The van der Waals surface area contributed by atoms with E-state index in [2.05, 4.69) is 15.2 Å². The van der Waals surface area contributed by atoms with Crippen molar-refractivity contribution in [2.45, 2.75) is 38.6 Å². The minimum atomic E-state index is -0.278. The average molecular weight is 367 g/mol. The summed E-state index contributed by atoms with van der Waals surface area (Å²) >= 11 is 0. The Balaban J connectivity index is 1.61.